The van der Waals surface area contributed by atoms with Crippen LogP contribution in [0.4, 0.5) is 5.69 Å². The van der Waals surface area contributed by atoms with Crippen molar-refractivity contribution < 1.29 is 4.79 Å². The van der Waals surface area contributed by atoms with E-state index in [1.165, 1.54) is 18.1 Å². The van der Waals surface area contributed by atoms with Gasteiger partial charge in [0.2, 0.25) is 5.91 Å². The summed E-state index contributed by atoms with van der Waals surface area (Å²) >= 11 is 1.73. The van der Waals surface area contributed by atoms with Crippen LogP contribution in [0.1, 0.15) is 18.1 Å². The quantitative estimate of drug-likeness (QED) is 0.842. The maximum atomic E-state index is 11.2. The Bertz CT molecular complexity index is 563. The van der Waals surface area contributed by atoms with Crippen LogP contribution in [0.15, 0.2) is 53.4 Å². The lowest BCUT2D eigenvalue weighted by Crippen LogP contribution is -2.06. The topological polar surface area (TPSA) is 29.1 Å². The van der Waals surface area contributed by atoms with Crippen molar-refractivity contribution in [2.75, 3.05) is 5.32 Å². The average molecular weight is 271 g/mol. The third-order valence-corrected chi connectivity index (χ3v) is 3.86. The largest absolute Gasteiger partial charge is 0.325 e. The van der Waals surface area contributed by atoms with Gasteiger partial charge >= 0.3 is 0 Å². The van der Waals surface area contributed by atoms with Crippen molar-refractivity contribution in [3.05, 3.63) is 59.7 Å². The van der Waals surface area contributed by atoms with Gasteiger partial charge < -0.3 is 5.32 Å². The molecule has 0 saturated heterocycles. The van der Waals surface area contributed by atoms with Gasteiger partial charge in [0.05, 0.1) is 5.69 Å². The second-order valence-electron chi connectivity index (χ2n) is 4.45. The Kier molecular flexibility index (Phi) is 4.63. The molecule has 1 N–H and O–H groups in total. The van der Waals surface area contributed by atoms with Crippen molar-refractivity contribution in [3.63, 3.8) is 0 Å². The van der Waals surface area contributed by atoms with E-state index in [9.17, 15) is 4.79 Å². The van der Waals surface area contributed by atoms with Crippen LogP contribution in [0.3, 0.4) is 0 Å². The summed E-state index contributed by atoms with van der Waals surface area (Å²) in [6.07, 6.45) is 0. The van der Waals surface area contributed by atoms with Crippen molar-refractivity contribution in [1.82, 2.24) is 0 Å². The number of amides is 1. The SMILES string of the molecule is CC(=O)Nc1ccccc1SCc1ccc(C)cc1. The summed E-state index contributed by atoms with van der Waals surface area (Å²) < 4.78 is 0. The zero-order chi connectivity index (χ0) is 13.7. The molecule has 1 amide bonds. The van der Waals surface area contributed by atoms with Crippen LogP contribution in [-0.4, -0.2) is 5.91 Å². The van der Waals surface area contributed by atoms with Gasteiger partial charge in [0.1, 0.15) is 0 Å². The van der Waals surface area contributed by atoms with Crippen LogP contribution >= 0.6 is 11.8 Å². The van der Waals surface area contributed by atoms with Crippen LogP contribution in [0.25, 0.3) is 0 Å². The summed E-state index contributed by atoms with van der Waals surface area (Å²) in [6.45, 7) is 3.62. The number of aryl methyl sites for hydroxylation is 1. The Morgan fingerprint density at radius 2 is 1.79 bits per heavy atom. The Morgan fingerprint density at radius 1 is 1.11 bits per heavy atom. The number of carbonyl (C=O) groups is 1. The molecule has 2 aromatic rings. The van der Waals surface area contributed by atoms with E-state index in [4.69, 9.17) is 0 Å². The second kappa shape index (κ2) is 6.43. The number of thioether (sulfide) groups is 1. The predicted octanol–water partition coefficient (Wildman–Crippen LogP) is 4.25. The fourth-order valence-corrected chi connectivity index (χ4v) is 2.69. The van der Waals surface area contributed by atoms with Crippen LogP contribution < -0.4 is 5.32 Å². The van der Waals surface area contributed by atoms with Crippen LogP contribution in [0, 0.1) is 6.92 Å². The number of nitrogens with one attached hydrogen (secondary N) is 1. The molecule has 2 nitrogen and oxygen atoms in total. The smallest absolute Gasteiger partial charge is 0.221 e. The molecule has 3 heteroatoms. The fourth-order valence-electron chi connectivity index (χ4n) is 1.73. The highest BCUT2D eigenvalue weighted by Crippen LogP contribution is 2.29. The Labute approximate surface area is 118 Å². The van der Waals surface area contributed by atoms with Gasteiger partial charge in [-0.15, -0.1) is 11.8 Å². The lowest BCUT2D eigenvalue weighted by molar-refractivity contribution is -0.114. The molecule has 0 spiro atoms. The first-order chi connectivity index (χ1) is 9.15. The maximum Gasteiger partial charge on any atom is 0.221 e. The average Bonchev–Trinajstić information content (AvgIpc) is 2.39. The standard InChI is InChI=1S/C16H17NOS/c1-12-7-9-14(10-8-12)11-19-16-6-4-3-5-15(16)17-13(2)18/h3-10H,11H2,1-2H3,(H,17,18). The molecular weight excluding hydrogens is 254 g/mol. The molecule has 98 valence electrons. The van der Waals surface area contributed by atoms with E-state index in [0.29, 0.717) is 0 Å². The number of benzene rings is 2. The van der Waals surface area contributed by atoms with E-state index >= 15 is 0 Å². The molecule has 2 aromatic carbocycles. The third-order valence-electron chi connectivity index (χ3n) is 2.71. The van der Waals surface area contributed by atoms with Gasteiger partial charge in [-0.1, -0.05) is 42.0 Å². The molecule has 0 aliphatic carbocycles. The summed E-state index contributed by atoms with van der Waals surface area (Å²) in [5.74, 6) is 0.861. The summed E-state index contributed by atoms with van der Waals surface area (Å²) in [5.41, 5.74) is 3.44. The zero-order valence-electron chi connectivity index (χ0n) is 11.1. The molecule has 0 fully saturated rings. The van der Waals surface area contributed by atoms with Crippen molar-refractivity contribution in [2.24, 2.45) is 0 Å². The minimum Gasteiger partial charge on any atom is -0.325 e. The monoisotopic (exact) mass is 271 g/mol. The van der Waals surface area contributed by atoms with E-state index in [0.717, 1.165) is 16.3 Å². The van der Waals surface area contributed by atoms with Crippen LogP contribution in [0.2, 0.25) is 0 Å². The number of carbonyl (C=O) groups excluding carboxylic acids is 1. The molecule has 0 aliphatic rings. The minimum atomic E-state index is -0.0385. The highest BCUT2D eigenvalue weighted by atomic mass is 32.2. The molecule has 0 unspecified atom stereocenters. The number of rotatable bonds is 4. The Balaban J connectivity index is 2.06. The first-order valence-corrected chi connectivity index (χ1v) is 7.18. The van der Waals surface area contributed by atoms with Crippen molar-refractivity contribution in [3.8, 4) is 0 Å². The van der Waals surface area contributed by atoms with Gasteiger partial charge in [-0.05, 0) is 24.6 Å². The molecule has 2 rings (SSSR count). The summed E-state index contributed by atoms with van der Waals surface area (Å²) in [5, 5.41) is 2.86. The molecule has 0 saturated carbocycles. The van der Waals surface area contributed by atoms with Crippen molar-refractivity contribution >= 4 is 23.4 Å². The van der Waals surface area contributed by atoms with Crippen LogP contribution in [0.5, 0.6) is 0 Å². The molecule has 0 heterocycles. The normalized spacial score (nSPS) is 10.2. The van der Waals surface area contributed by atoms with Gasteiger partial charge in [0.15, 0.2) is 0 Å². The lowest BCUT2D eigenvalue weighted by atomic mass is 10.2. The number of hydrogen-bond acceptors (Lipinski definition) is 2. The number of para-hydroxylation sites is 1. The molecule has 0 radical (unpaired) electrons. The highest BCUT2D eigenvalue weighted by molar-refractivity contribution is 7.98. The summed E-state index contributed by atoms with van der Waals surface area (Å²) in [7, 11) is 0. The molecular formula is C16H17NOS. The first-order valence-electron chi connectivity index (χ1n) is 6.20. The summed E-state index contributed by atoms with van der Waals surface area (Å²) in [4.78, 5) is 12.3. The molecule has 0 bridgehead atoms. The number of anilines is 1. The van der Waals surface area contributed by atoms with Crippen molar-refractivity contribution in [1.29, 1.82) is 0 Å². The van der Waals surface area contributed by atoms with Gasteiger partial charge in [-0.25, -0.2) is 0 Å². The molecule has 0 atom stereocenters. The van der Waals surface area contributed by atoms with Gasteiger partial charge in [-0.2, -0.15) is 0 Å². The van der Waals surface area contributed by atoms with Gasteiger partial charge in [0.25, 0.3) is 0 Å². The summed E-state index contributed by atoms with van der Waals surface area (Å²) in [6, 6.07) is 16.4. The molecule has 0 aliphatic heterocycles. The molecule has 0 aromatic heterocycles. The van der Waals surface area contributed by atoms with E-state index < -0.39 is 0 Å². The fraction of sp³-hybridized carbons (Fsp3) is 0.188. The predicted molar refractivity (Wildman–Crippen MR) is 81.5 cm³/mol. The van der Waals surface area contributed by atoms with Crippen molar-refractivity contribution in [2.45, 2.75) is 24.5 Å². The minimum absolute atomic E-state index is 0.0385. The van der Waals surface area contributed by atoms with E-state index in [1.807, 2.05) is 24.3 Å². The Hall–Kier alpha value is -1.74. The number of hydrogen-bond donors (Lipinski definition) is 1. The Morgan fingerprint density at radius 3 is 2.47 bits per heavy atom. The zero-order valence-corrected chi connectivity index (χ0v) is 12.0. The van der Waals surface area contributed by atoms with E-state index in [-0.39, 0.29) is 5.91 Å². The van der Waals surface area contributed by atoms with E-state index in [2.05, 4.69) is 36.5 Å². The maximum absolute atomic E-state index is 11.2. The van der Waals surface area contributed by atoms with E-state index in [1.54, 1.807) is 11.8 Å². The van der Waals surface area contributed by atoms with Crippen LogP contribution in [-0.2, 0) is 10.5 Å². The lowest BCUT2D eigenvalue weighted by Gasteiger charge is -2.09. The van der Waals surface area contributed by atoms with Gasteiger partial charge in [-0.3, -0.25) is 4.79 Å². The molecule has 19 heavy (non-hydrogen) atoms. The van der Waals surface area contributed by atoms with Gasteiger partial charge in [0, 0.05) is 17.6 Å². The third kappa shape index (κ3) is 4.14. The highest BCUT2D eigenvalue weighted by Gasteiger charge is 2.04. The first kappa shape index (κ1) is 13.7. The second-order valence-corrected chi connectivity index (χ2v) is 5.47.